The van der Waals surface area contributed by atoms with Gasteiger partial charge in [-0.2, -0.15) is 0 Å². The second kappa shape index (κ2) is 8.63. The van der Waals surface area contributed by atoms with Gasteiger partial charge in [0, 0.05) is 5.92 Å². The number of hydrogen-bond acceptors (Lipinski definition) is 2. The van der Waals surface area contributed by atoms with Crippen LogP contribution in [0, 0.1) is 12.7 Å². The first kappa shape index (κ1) is 18.2. The Bertz CT molecular complexity index is 810. The van der Waals surface area contributed by atoms with Gasteiger partial charge in [0.05, 0.1) is 0 Å². The molecule has 0 spiro atoms. The van der Waals surface area contributed by atoms with Crippen LogP contribution in [0.5, 0.6) is 5.75 Å². The maximum Gasteiger partial charge on any atom is 0.123 e. The summed E-state index contributed by atoms with van der Waals surface area (Å²) in [5, 5.41) is 0. The summed E-state index contributed by atoms with van der Waals surface area (Å²) < 4.78 is 18.9. The number of benzene rings is 3. The van der Waals surface area contributed by atoms with Crippen LogP contribution < -0.4 is 10.5 Å². The van der Waals surface area contributed by atoms with E-state index in [0.29, 0.717) is 13.2 Å². The first-order valence-electron chi connectivity index (χ1n) is 8.87. The van der Waals surface area contributed by atoms with Crippen LogP contribution >= 0.6 is 0 Å². The van der Waals surface area contributed by atoms with Crippen LogP contribution in [0.15, 0.2) is 72.8 Å². The zero-order valence-corrected chi connectivity index (χ0v) is 15.0. The Morgan fingerprint density at radius 1 is 0.846 bits per heavy atom. The van der Waals surface area contributed by atoms with Gasteiger partial charge in [-0.1, -0.05) is 54.1 Å². The average Bonchev–Trinajstić information content (AvgIpc) is 2.67. The van der Waals surface area contributed by atoms with Gasteiger partial charge in [-0.3, -0.25) is 0 Å². The zero-order chi connectivity index (χ0) is 18.4. The molecule has 0 saturated carbocycles. The van der Waals surface area contributed by atoms with Crippen LogP contribution in [-0.2, 0) is 13.0 Å². The van der Waals surface area contributed by atoms with Crippen LogP contribution in [-0.4, -0.2) is 6.54 Å². The normalized spacial score (nSPS) is 12.0. The largest absolute Gasteiger partial charge is 0.489 e. The lowest BCUT2D eigenvalue weighted by Crippen LogP contribution is -2.15. The standard InChI is InChI=1S/C23H24FNO/c1-17-2-4-19(5-3-17)16-26-23-12-6-18(7-13-23)14-21(15-25)20-8-10-22(24)11-9-20/h2-13,21H,14-16,25H2,1H3. The Morgan fingerprint density at radius 2 is 1.46 bits per heavy atom. The van der Waals surface area contributed by atoms with Crippen molar-refractivity contribution >= 4 is 0 Å². The van der Waals surface area contributed by atoms with Crippen molar-refractivity contribution in [2.45, 2.75) is 25.9 Å². The summed E-state index contributed by atoms with van der Waals surface area (Å²) in [6.45, 7) is 3.15. The van der Waals surface area contributed by atoms with E-state index in [2.05, 4.69) is 43.3 Å². The molecule has 3 aromatic rings. The Balaban J connectivity index is 1.59. The molecule has 0 aliphatic carbocycles. The lowest BCUT2D eigenvalue weighted by molar-refractivity contribution is 0.306. The quantitative estimate of drug-likeness (QED) is 0.651. The van der Waals surface area contributed by atoms with Crippen molar-refractivity contribution in [3.05, 3.63) is 101 Å². The Hall–Kier alpha value is -2.65. The highest BCUT2D eigenvalue weighted by Gasteiger charge is 2.11. The van der Waals surface area contributed by atoms with Gasteiger partial charge in [0.2, 0.25) is 0 Å². The molecule has 0 amide bonds. The Labute approximate surface area is 154 Å². The molecule has 0 aliphatic rings. The van der Waals surface area contributed by atoms with Gasteiger partial charge in [0.1, 0.15) is 18.2 Å². The van der Waals surface area contributed by atoms with Crippen molar-refractivity contribution in [2.75, 3.05) is 6.54 Å². The van der Waals surface area contributed by atoms with Crippen molar-refractivity contribution in [1.29, 1.82) is 0 Å². The average molecular weight is 349 g/mol. The maximum absolute atomic E-state index is 13.1. The number of rotatable bonds is 7. The first-order valence-corrected chi connectivity index (χ1v) is 8.87. The molecule has 0 saturated heterocycles. The van der Waals surface area contributed by atoms with E-state index in [1.54, 1.807) is 0 Å². The summed E-state index contributed by atoms with van der Waals surface area (Å²) in [6, 6.07) is 23.0. The van der Waals surface area contributed by atoms with Crippen LogP contribution in [0.1, 0.15) is 28.2 Å². The topological polar surface area (TPSA) is 35.2 Å². The molecule has 0 fully saturated rings. The van der Waals surface area contributed by atoms with Gasteiger partial charge in [-0.15, -0.1) is 0 Å². The molecule has 3 rings (SSSR count). The molecular weight excluding hydrogens is 325 g/mol. The lowest BCUT2D eigenvalue weighted by Gasteiger charge is -2.16. The highest BCUT2D eigenvalue weighted by atomic mass is 19.1. The fourth-order valence-electron chi connectivity index (χ4n) is 2.93. The van der Waals surface area contributed by atoms with Crippen LogP contribution in [0.25, 0.3) is 0 Å². The van der Waals surface area contributed by atoms with Crippen molar-refractivity contribution in [1.82, 2.24) is 0 Å². The Kier molecular flexibility index (Phi) is 6.03. The number of hydrogen-bond donors (Lipinski definition) is 1. The molecule has 0 radical (unpaired) electrons. The summed E-state index contributed by atoms with van der Waals surface area (Å²) in [7, 11) is 0. The highest BCUT2D eigenvalue weighted by Crippen LogP contribution is 2.22. The lowest BCUT2D eigenvalue weighted by atomic mass is 9.92. The van der Waals surface area contributed by atoms with E-state index in [9.17, 15) is 4.39 Å². The minimum atomic E-state index is -0.223. The summed E-state index contributed by atoms with van der Waals surface area (Å²) in [5.41, 5.74) is 10.6. The summed E-state index contributed by atoms with van der Waals surface area (Å²) in [5.74, 6) is 0.801. The smallest absolute Gasteiger partial charge is 0.123 e. The van der Waals surface area contributed by atoms with Crippen molar-refractivity contribution < 1.29 is 9.13 Å². The predicted octanol–water partition coefficient (Wildman–Crippen LogP) is 5.00. The third-order valence-electron chi connectivity index (χ3n) is 4.56. The van der Waals surface area contributed by atoms with Gasteiger partial charge in [0.25, 0.3) is 0 Å². The summed E-state index contributed by atoms with van der Waals surface area (Å²) in [6.07, 6.45) is 0.820. The van der Waals surface area contributed by atoms with Crippen molar-refractivity contribution in [3.8, 4) is 5.75 Å². The maximum atomic E-state index is 13.1. The third-order valence-corrected chi connectivity index (χ3v) is 4.56. The second-order valence-electron chi connectivity index (χ2n) is 6.61. The number of ether oxygens (including phenoxy) is 1. The molecular formula is C23H24FNO. The predicted molar refractivity (Wildman–Crippen MR) is 104 cm³/mol. The minimum absolute atomic E-state index is 0.176. The van der Waals surface area contributed by atoms with Gasteiger partial charge in [-0.05, 0) is 60.8 Å². The van der Waals surface area contributed by atoms with E-state index >= 15 is 0 Å². The fraction of sp³-hybridized carbons (Fsp3) is 0.217. The van der Waals surface area contributed by atoms with Crippen LogP contribution in [0.2, 0.25) is 0 Å². The monoisotopic (exact) mass is 349 g/mol. The van der Waals surface area contributed by atoms with Crippen molar-refractivity contribution in [2.24, 2.45) is 5.73 Å². The van der Waals surface area contributed by atoms with Crippen molar-refractivity contribution in [3.63, 3.8) is 0 Å². The highest BCUT2D eigenvalue weighted by molar-refractivity contribution is 5.30. The molecule has 0 heterocycles. The molecule has 26 heavy (non-hydrogen) atoms. The molecule has 1 unspecified atom stereocenters. The van der Waals surface area contributed by atoms with Gasteiger partial charge in [0.15, 0.2) is 0 Å². The van der Waals surface area contributed by atoms with Gasteiger partial charge in [-0.25, -0.2) is 4.39 Å². The van der Waals surface area contributed by atoms with Gasteiger partial charge < -0.3 is 10.5 Å². The van der Waals surface area contributed by atoms with Gasteiger partial charge >= 0.3 is 0 Å². The second-order valence-corrected chi connectivity index (χ2v) is 6.61. The Morgan fingerprint density at radius 3 is 2.08 bits per heavy atom. The van der Waals surface area contributed by atoms with Crippen LogP contribution in [0.3, 0.4) is 0 Å². The van der Waals surface area contributed by atoms with E-state index in [4.69, 9.17) is 10.5 Å². The molecule has 2 nitrogen and oxygen atoms in total. The number of halogens is 1. The minimum Gasteiger partial charge on any atom is -0.489 e. The number of aryl methyl sites for hydroxylation is 1. The first-order chi connectivity index (χ1) is 12.6. The third kappa shape index (κ3) is 4.93. The molecule has 134 valence electrons. The van der Waals surface area contributed by atoms with E-state index in [1.807, 2.05) is 24.3 Å². The van der Waals surface area contributed by atoms with E-state index in [1.165, 1.54) is 23.3 Å². The van der Waals surface area contributed by atoms with Crippen LogP contribution in [0.4, 0.5) is 4.39 Å². The molecule has 0 aromatic heterocycles. The molecule has 1 atom stereocenters. The summed E-state index contributed by atoms with van der Waals surface area (Å²) in [4.78, 5) is 0. The number of nitrogens with two attached hydrogens (primary N) is 1. The molecule has 0 aliphatic heterocycles. The van der Waals surface area contributed by atoms with E-state index in [0.717, 1.165) is 23.3 Å². The van der Waals surface area contributed by atoms with E-state index < -0.39 is 0 Å². The molecule has 2 N–H and O–H groups in total. The fourth-order valence-corrected chi connectivity index (χ4v) is 2.93. The zero-order valence-electron chi connectivity index (χ0n) is 15.0. The van der Waals surface area contributed by atoms with E-state index in [-0.39, 0.29) is 11.7 Å². The summed E-state index contributed by atoms with van der Waals surface area (Å²) >= 11 is 0. The molecule has 0 bridgehead atoms. The molecule has 3 heteroatoms. The SMILES string of the molecule is Cc1ccc(COc2ccc(CC(CN)c3ccc(F)cc3)cc2)cc1. The molecule has 3 aromatic carbocycles.